The topological polar surface area (TPSA) is 15.4 Å². The molecule has 0 aromatic carbocycles. The van der Waals surface area contributed by atoms with Gasteiger partial charge in [-0.05, 0) is 69.7 Å². The van der Waals surface area contributed by atoms with E-state index in [2.05, 4.69) is 25.8 Å². The zero-order chi connectivity index (χ0) is 13.9. The molecule has 2 heteroatoms. The Labute approximate surface area is 124 Å². The van der Waals surface area contributed by atoms with Crippen molar-refractivity contribution in [3.8, 4) is 0 Å². The SMILES string of the molecule is CCCC1CCC2CC(CC1=NC13C(CC)C1N3C)C2. The molecule has 5 fully saturated rings. The lowest BCUT2D eigenvalue weighted by atomic mass is 9.65. The number of fused-ring (bicyclic) bond motifs is 5. The minimum Gasteiger partial charge on any atom is -0.274 e. The van der Waals surface area contributed by atoms with Crippen molar-refractivity contribution in [2.24, 2.45) is 28.7 Å². The maximum Gasteiger partial charge on any atom is 0.133 e. The van der Waals surface area contributed by atoms with Crippen LogP contribution in [0.5, 0.6) is 0 Å². The van der Waals surface area contributed by atoms with Crippen LogP contribution in [0.2, 0.25) is 0 Å². The lowest BCUT2D eigenvalue weighted by molar-refractivity contribution is 0.167. The van der Waals surface area contributed by atoms with Crippen molar-refractivity contribution in [2.75, 3.05) is 7.05 Å². The zero-order valence-corrected chi connectivity index (χ0v) is 13.4. The molecular weight excluding hydrogens is 244 g/mol. The summed E-state index contributed by atoms with van der Waals surface area (Å²) in [5, 5.41) is 0. The molecule has 2 bridgehead atoms. The van der Waals surface area contributed by atoms with E-state index < -0.39 is 0 Å². The van der Waals surface area contributed by atoms with E-state index in [1.807, 2.05) is 0 Å². The fourth-order valence-electron chi connectivity index (χ4n) is 5.43. The van der Waals surface area contributed by atoms with Gasteiger partial charge in [-0.2, -0.15) is 0 Å². The number of aliphatic imine (C=N–C) groups is 1. The van der Waals surface area contributed by atoms with Gasteiger partial charge in [0.2, 0.25) is 0 Å². The quantitative estimate of drug-likeness (QED) is 0.704. The highest BCUT2D eigenvalue weighted by Gasteiger charge is 2.84. The Morgan fingerprint density at radius 3 is 2.60 bits per heavy atom. The molecule has 0 spiro atoms. The van der Waals surface area contributed by atoms with Crippen LogP contribution >= 0.6 is 0 Å². The molecule has 4 aliphatic carbocycles. The Hall–Kier alpha value is -0.370. The molecule has 112 valence electrons. The largest absolute Gasteiger partial charge is 0.274 e. The van der Waals surface area contributed by atoms with Crippen LogP contribution in [0.1, 0.15) is 65.2 Å². The van der Waals surface area contributed by atoms with E-state index in [1.165, 1.54) is 51.4 Å². The normalized spacial score (nSPS) is 54.6. The first-order valence-corrected chi connectivity index (χ1v) is 9.02. The van der Waals surface area contributed by atoms with Crippen LogP contribution < -0.4 is 0 Å². The minimum atomic E-state index is 0.290. The number of likely N-dealkylation sites (N-methyl/N-ethyl adjacent to an activating group) is 1. The lowest BCUT2D eigenvalue weighted by Gasteiger charge is -2.40. The highest BCUT2D eigenvalue weighted by atomic mass is 15.6. The van der Waals surface area contributed by atoms with Gasteiger partial charge >= 0.3 is 0 Å². The molecule has 0 aromatic heterocycles. The van der Waals surface area contributed by atoms with Gasteiger partial charge in [-0.3, -0.25) is 9.89 Å². The molecule has 0 aromatic rings. The Bertz CT molecular complexity index is 417. The van der Waals surface area contributed by atoms with Crippen LogP contribution in [0, 0.1) is 23.7 Å². The summed E-state index contributed by atoms with van der Waals surface area (Å²) in [5.74, 6) is 3.74. The number of likely N-dealkylation sites (tertiary alicyclic amines) is 1. The van der Waals surface area contributed by atoms with Gasteiger partial charge in [0.15, 0.2) is 0 Å². The first kappa shape index (κ1) is 13.3. The predicted molar refractivity (Wildman–Crippen MR) is 84.0 cm³/mol. The highest BCUT2D eigenvalue weighted by Crippen LogP contribution is 2.69. The summed E-state index contributed by atoms with van der Waals surface area (Å²) >= 11 is 0. The van der Waals surface area contributed by atoms with E-state index in [0.29, 0.717) is 5.66 Å². The number of nitrogens with zero attached hydrogens (tertiary/aromatic N) is 2. The molecule has 0 N–H and O–H groups in total. The highest BCUT2D eigenvalue weighted by molar-refractivity contribution is 5.88. The van der Waals surface area contributed by atoms with E-state index in [0.717, 1.165) is 29.7 Å². The second kappa shape index (κ2) is 4.56. The Morgan fingerprint density at radius 2 is 2.00 bits per heavy atom. The molecule has 20 heavy (non-hydrogen) atoms. The Kier molecular flexibility index (Phi) is 3.03. The van der Waals surface area contributed by atoms with Crippen molar-refractivity contribution in [3.63, 3.8) is 0 Å². The van der Waals surface area contributed by atoms with Crippen LogP contribution in [-0.4, -0.2) is 29.4 Å². The molecule has 1 saturated heterocycles. The average molecular weight is 274 g/mol. The third-order valence-corrected chi connectivity index (χ3v) is 6.79. The summed E-state index contributed by atoms with van der Waals surface area (Å²) in [7, 11) is 2.28. The second-order valence-corrected chi connectivity index (χ2v) is 7.93. The Balaban J connectivity index is 1.55. The smallest absolute Gasteiger partial charge is 0.133 e. The number of hydrogen-bond donors (Lipinski definition) is 0. The van der Waals surface area contributed by atoms with E-state index in [1.54, 1.807) is 5.71 Å². The first-order valence-electron chi connectivity index (χ1n) is 9.02. The monoisotopic (exact) mass is 274 g/mol. The van der Waals surface area contributed by atoms with Gasteiger partial charge in [-0.25, -0.2) is 0 Å². The van der Waals surface area contributed by atoms with Crippen molar-refractivity contribution in [1.29, 1.82) is 0 Å². The fraction of sp³-hybridized carbons (Fsp3) is 0.944. The van der Waals surface area contributed by atoms with E-state index >= 15 is 0 Å². The number of rotatable bonds is 4. The van der Waals surface area contributed by atoms with Gasteiger partial charge in [0, 0.05) is 11.6 Å². The summed E-state index contributed by atoms with van der Waals surface area (Å²) in [4.78, 5) is 7.92. The molecule has 5 unspecified atom stereocenters. The maximum absolute atomic E-state index is 5.41. The molecule has 5 aliphatic rings. The summed E-state index contributed by atoms with van der Waals surface area (Å²) in [6.45, 7) is 4.68. The van der Waals surface area contributed by atoms with Crippen LogP contribution in [0.3, 0.4) is 0 Å². The van der Waals surface area contributed by atoms with Crippen molar-refractivity contribution < 1.29 is 0 Å². The van der Waals surface area contributed by atoms with Gasteiger partial charge < -0.3 is 0 Å². The predicted octanol–water partition coefficient (Wildman–Crippen LogP) is 4.10. The van der Waals surface area contributed by atoms with Gasteiger partial charge in [-0.15, -0.1) is 0 Å². The third-order valence-electron chi connectivity index (χ3n) is 6.79. The lowest BCUT2D eigenvalue weighted by Crippen LogP contribution is -2.33. The van der Waals surface area contributed by atoms with Crippen molar-refractivity contribution in [1.82, 2.24) is 4.90 Å². The van der Waals surface area contributed by atoms with Crippen molar-refractivity contribution in [3.05, 3.63) is 0 Å². The van der Waals surface area contributed by atoms with Crippen molar-refractivity contribution >= 4 is 5.71 Å². The summed E-state index contributed by atoms with van der Waals surface area (Å²) in [6, 6.07) is 0.807. The van der Waals surface area contributed by atoms with Gasteiger partial charge in [0.05, 0.1) is 6.04 Å². The van der Waals surface area contributed by atoms with E-state index in [-0.39, 0.29) is 0 Å². The van der Waals surface area contributed by atoms with Crippen LogP contribution in [0.4, 0.5) is 0 Å². The summed E-state index contributed by atoms with van der Waals surface area (Å²) < 4.78 is 0. The maximum atomic E-state index is 5.41. The van der Waals surface area contributed by atoms with Gasteiger partial charge in [-0.1, -0.05) is 20.3 Å². The summed E-state index contributed by atoms with van der Waals surface area (Å²) in [5.41, 5.74) is 1.92. The molecule has 5 rings (SSSR count). The molecular formula is C18H30N2. The van der Waals surface area contributed by atoms with Crippen molar-refractivity contribution in [2.45, 2.75) is 76.9 Å². The van der Waals surface area contributed by atoms with E-state index in [9.17, 15) is 0 Å². The second-order valence-electron chi connectivity index (χ2n) is 7.93. The average Bonchev–Trinajstić information content (AvgIpc) is 3.20. The number of hydrogen-bond acceptors (Lipinski definition) is 2. The first-order chi connectivity index (χ1) is 9.70. The van der Waals surface area contributed by atoms with Crippen LogP contribution in [0.25, 0.3) is 0 Å². The third kappa shape index (κ3) is 1.76. The molecule has 2 nitrogen and oxygen atoms in total. The zero-order valence-electron chi connectivity index (χ0n) is 13.4. The standard InChI is InChI=1S/C18H30N2/c1-4-6-14-8-7-12-9-13(10-12)11-16(14)19-18-15(5-2)17(18)20(18)3/h12-15,17H,4-11H2,1-3H3. The molecule has 5 atom stereocenters. The minimum absolute atomic E-state index is 0.290. The molecule has 4 saturated carbocycles. The fourth-order valence-corrected chi connectivity index (χ4v) is 5.43. The summed E-state index contributed by atoms with van der Waals surface area (Å²) in [6.07, 6.45) is 11.2. The van der Waals surface area contributed by atoms with Gasteiger partial charge in [0.1, 0.15) is 5.66 Å². The Morgan fingerprint density at radius 1 is 1.20 bits per heavy atom. The molecule has 0 amide bonds. The molecule has 0 radical (unpaired) electrons. The molecule has 1 heterocycles. The van der Waals surface area contributed by atoms with E-state index in [4.69, 9.17) is 4.99 Å². The molecule has 1 aliphatic heterocycles. The van der Waals surface area contributed by atoms with Crippen LogP contribution in [-0.2, 0) is 0 Å². The van der Waals surface area contributed by atoms with Gasteiger partial charge in [0.25, 0.3) is 0 Å². The van der Waals surface area contributed by atoms with Crippen LogP contribution in [0.15, 0.2) is 4.99 Å².